The third-order valence-corrected chi connectivity index (χ3v) is 4.06. The van der Waals surface area contributed by atoms with Gasteiger partial charge in [0.15, 0.2) is 0 Å². The molecule has 2 unspecified atom stereocenters. The largest absolute Gasteiger partial charge is 0.349 e. The second kappa shape index (κ2) is 8.52. The van der Waals surface area contributed by atoms with Crippen LogP contribution < -0.4 is 5.32 Å². The maximum Gasteiger partial charge on any atom is 0.223 e. The lowest BCUT2D eigenvalue weighted by Gasteiger charge is -2.17. The van der Waals surface area contributed by atoms with E-state index in [1.54, 1.807) is 4.90 Å². The lowest BCUT2D eigenvalue weighted by molar-refractivity contribution is -0.128. The normalized spacial score (nSPS) is 24.6. The van der Waals surface area contributed by atoms with Crippen molar-refractivity contribution in [3.05, 3.63) is 0 Å². The van der Waals surface area contributed by atoms with E-state index in [0.717, 1.165) is 12.5 Å². The minimum Gasteiger partial charge on any atom is -0.349 e. The Hall–Kier alpha value is -0.570. The molecule has 1 saturated carbocycles. The fourth-order valence-electron chi connectivity index (χ4n) is 2.89. The Kier molecular flexibility index (Phi) is 7.33. The first-order chi connectivity index (χ1) is 8.63. The summed E-state index contributed by atoms with van der Waals surface area (Å²) >= 11 is 0. The van der Waals surface area contributed by atoms with Crippen LogP contribution in [-0.2, 0) is 4.79 Å². The van der Waals surface area contributed by atoms with Gasteiger partial charge in [0.1, 0.15) is 0 Å². The summed E-state index contributed by atoms with van der Waals surface area (Å²) in [7, 11) is 3.65. The van der Waals surface area contributed by atoms with Gasteiger partial charge in [0, 0.05) is 33.1 Å². The summed E-state index contributed by atoms with van der Waals surface area (Å²) < 4.78 is 0. The van der Waals surface area contributed by atoms with Crippen LogP contribution in [0, 0.1) is 5.92 Å². The molecule has 0 aromatic heterocycles. The fourth-order valence-corrected chi connectivity index (χ4v) is 2.89. The molecule has 3 heteroatoms. The summed E-state index contributed by atoms with van der Waals surface area (Å²) in [6.45, 7) is 3.12. The zero-order chi connectivity index (χ0) is 13.4. The molecule has 2 atom stereocenters. The van der Waals surface area contributed by atoms with Crippen molar-refractivity contribution in [1.29, 1.82) is 0 Å². The Morgan fingerprint density at radius 1 is 1.22 bits per heavy atom. The number of carbonyl (C=O) groups is 1. The first-order valence-electron chi connectivity index (χ1n) is 7.57. The third-order valence-electron chi connectivity index (χ3n) is 4.06. The van der Waals surface area contributed by atoms with Crippen molar-refractivity contribution in [3.8, 4) is 0 Å². The molecule has 1 amide bonds. The zero-order valence-electron chi connectivity index (χ0n) is 12.4. The van der Waals surface area contributed by atoms with Gasteiger partial charge in [0.05, 0.1) is 0 Å². The van der Waals surface area contributed by atoms with Crippen LogP contribution in [0.4, 0.5) is 0 Å². The summed E-state index contributed by atoms with van der Waals surface area (Å²) in [4.78, 5) is 13.1. The molecule has 0 aromatic rings. The second-order valence-electron chi connectivity index (χ2n) is 5.85. The van der Waals surface area contributed by atoms with Crippen LogP contribution in [-0.4, -0.2) is 37.5 Å². The van der Waals surface area contributed by atoms with E-state index in [1.165, 1.54) is 44.9 Å². The van der Waals surface area contributed by atoms with Crippen molar-refractivity contribution in [2.45, 2.75) is 64.3 Å². The van der Waals surface area contributed by atoms with Gasteiger partial charge < -0.3 is 10.2 Å². The van der Waals surface area contributed by atoms with Gasteiger partial charge in [-0.25, -0.2) is 0 Å². The van der Waals surface area contributed by atoms with Crippen molar-refractivity contribution >= 4 is 5.91 Å². The van der Waals surface area contributed by atoms with E-state index in [1.807, 2.05) is 14.1 Å². The molecule has 0 radical (unpaired) electrons. The maximum atomic E-state index is 11.5. The lowest BCUT2D eigenvalue weighted by Crippen LogP contribution is -2.33. The fraction of sp³-hybridized carbons (Fsp3) is 0.933. The number of nitrogens with zero attached hydrogens (tertiary/aromatic N) is 1. The van der Waals surface area contributed by atoms with E-state index in [2.05, 4.69) is 12.2 Å². The van der Waals surface area contributed by atoms with Crippen LogP contribution in [0.1, 0.15) is 58.3 Å². The van der Waals surface area contributed by atoms with E-state index in [-0.39, 0.29) is 5.91 Å². The lowest BCUT2D eigenvalue weighted by atomic mass is 9.95. The molecule has 0 aromatic carbocycles. The quantitative estimate of drug-likeness (QED) is 0.739. The van der Waals surface area contributed by atoms with Crippen LogP contribution in [0.5, 0.6) is 0 Å². The Bertz CT molecular complexity index is 241. The van der Waals surface area contributed by atoms with E-state index < -0.39 is 0 Å². The molecule has 1 rings (SSSR count). The molecule has 1 N–H and O–H groups in total. The van der Waals surface area contributed by atoms with Crippen LogP contribution in [0.15, 0.2) is 0 Å². The van der Waals surface area contributed by atoms with E-state index >= 15 is 0 Å². The van der Waals surface area contributed by atoms with Crippen molar-refractivity contribution in [1.82, 2.24) is 10.2 Å². The van der Waals surface area contributed by atoms with Crippen LogP contribution in [0.3, 0.4) is 0 Å². The van der Waals surface area contributed by atoms with Gasteiger partial charge in [-0.05, 0) is 25.2 Å². The van der Waals surface area contributed by atoms with Crippen LogP contribution >= 0.6 is 0 Å². The summed E-state index contributed by atoms with van der Waals surface area (Å²) in [6, 6.07) is 0.641. The highest BCUT2D eigenvalue weighted by Gasteiger charge is 2.18. The molecule has 0 heterocycles. The minimum atomic E-state index is 0.222. The van der Waals surface area contributed by atoms with Gasteiger partial charge in [-0.3, -0.25) is 4.79 Å². The highest BCUT2D eigenvalue weighted by atomic mass is 16.2. The van der Waals surface area contributed by atoms with Gasteiger partial charge in [-0.2, -0.15) is 0 Å². The number of carbonyl (C=O) groups excluding carboxylic acids is 1. The molecule has 0 saturated heterocycles. The van der Waals surface area contributed by atoms with E-state index in [4.69, 9.17) is 0 Å². The standard InChI is InChI=1S/C15H30N2O/c1-4-6-13-7-5-8-14(10-9-13)16-12-11-15(18)17(2)3/h13-14,16H,4-12H2,1-3H3. The molecule has 18 heavy (non-hydrogen) atoms. The topological polar surface area (TPSA) is 32.3 Å². The van der Waals surface area contributed by atoms with Crippen molar-refractivity contribution < 1.29 is 4.79 Å². The van der Waals surface area contributed by atoms with Gasteiger partial charge in [0.2, 0.25) is 5.91 Å². The third kappa shape index (κ3) is 5.85. The maximum absolute atomic E-state index is 11.5. The first-order valence-corrected chi connectivity index (χ1v) is 7.57. The van der Waals surface area contributed by atoms with Crippen LogP contribution in [0.2, 0.25) is 0 Å². The molecule has 1 aliphatic rings. The molecule has 0 aliphatic heterocycles. The minimum absolute atomic E-state index is 0.222. The molecular formula is C15H30N2O. The highest BCUT2D eigenvalue weighted by molar-refractivity contribution is 5.75. The van der Waals surface area contributed by atoms with Crippen molar-refractivity contribution in [3.63, 3.8) is 0 Å². The number of hydrogen-bond donors (Lipinski definition) is 1. The smallest absolute Gasteiger partial charge is 0.223 e. The predicted octanol–water partition coefficient (Wildman–Crippen LogP) is 2.80. The number of rotatable bonds is 6. The van der Waals surface area contributed by atoms with E-state index in [0.29, 0.717) is 12.5 Å². The number of hydrogen-bond acceptors (Lipinski definition) is 2. The number of amides is 1. The Morgan fingerprint density at radius 3 is 2.67 bits per heavy atom. The average Bonchev–Trinajstić information content (AvgIpc) is 2.55. The highest BCUT2D eigenvalue weighted by Crippen LogP contribution is 2.26. The van der Waals surface area contributed by atoms with Gasteiger partial charge in [-0.15, -0.1) is 0 Å². The average molecular weight is 254 g/mol. The molecule has 0 spiro atoms. The number of nitrogens with one attached hydrogen (secondary N) is 1. The molecule has 3 nitrogen and oxygen atoms in total. The molecule has 106 valence electrons. The summed E-state index contributed by atoms with van der Waals surface area (Å²) in [5.74, 6) is 1.17. The van der Waals surface area contributed by atoms with Crippen molar-refractivity contribution in [2.75, 3.05) is 20.6 Å². The molecule has 1 aliphatic carbocycles. The molecular weight excluding hydrogens is 224 g/mol. The molecule has 1 fully saturated rings. The summed E-state index contributed by atoms with van der Waals surface area (Å²) in [5.41, 5.74) is 0. The van der Waals surface area contributed by atoms with Gasteiger partial charge >= 0.3 is 0 Å². The summed E-state index contributed by atoms with van der Waals surface area (Å²) in [5, 5.41) is 3.56. The Morgan fingerprint density at radius 2 is 2.00 bits per heavy atom. The van der Waals surface area contributed by atoms with Crippen LogP contribution in [0.25, 0.3) is 0 Å². The first kappa shape index (κ1) is 15.5. The monoisotopic (exact) mass is 254 g/mol. The van der Waals surface area contributed by atoms with Crippen molar-refractivity contribution in [2.24, 2.45) is 5.92 Å². The summed E-state index contributed by atoms with van der Waals surface area (Å²) in [6.07, 6.45) is 10.0. The Labute approximate surface area is 112 Å². The van der Waals surface area contributed by atoms with Gasteiger partial charge in [-0.1, -0.05) is 32.6 Å². The molecule has 0 bridgehead atoms. The predicted molar refractivity (Wildman–Crippen MR) is 76.6 cm³/mol. The zero-order valence-corrected chi connectivity index (χ0v) is 12.4. The van der Waals surface area contributed by atoms with Gasteiger partial charge in [0.25, 0.3) is 0 Å². The van der Waals surface area contributed by atoms with E-state index in [9.17, 15) is 4.79 Å². The Balaban J connectivity index is 2.17. The SMILES string of the molecule is CCCC1CCCC(NCCC(=O)N(C)C)CC1. The second-order valence-corrected chi connectivity index (χ2v) is 5.85.